The second kappa shape index (κ2) is 11.6. The molecular formula is C24H35N5. The third-order valence-corrected chi connectivity index (χ3v) is 5.31. The Balaban J connectivity index is 1.50. The van der Waals surface area contributed by atoms with Crippen LogP contribution >= 0.6 is 0 Å². The molecule has 29 heavy (non-hydrogen) atoms. The number of rotatable bonds is 7. The molecule has 1 heterocycles. The highest BCUT2D eigenvalue weighted by Gasteiger charge is 2.12. The minimum atomic E-state index is 0.681. The molecule has 156 valence electrons. The van der Waals surface area contributed by atoms with E-state index in [-0.39, 0.29) is 0 Å². The number of nitrogens with zero attached hydrogens (tertiary/aromatic N) is 3. The molecule has 2 aromatic rings. The lowest BCUT2D eigenvalue weighted by Crippen LogP contribution is -2.36. The second-order valence-electron chi connectivity index (χ2n) is 7.78. The van der Waals surface area contributed by atoms with Crippen molar-refractivity contribution in [3.8, 4) is 0 Å². The van der Waals surface area contributed by atoms with Gasteiger partial charge >= 0.3 is 0 Å². The van der Waals surface area contributed by atoms with E-state index in [9.17, 15) is 0 Å². The number of likely N-dealkylation sites (N-methyl/N-ethyl adjacent to an activating group) is 1. The van der Waals surface area contributed by atoms with Crippen molar-refractivity contribution in [2.45, 2.75) is 33.0 Å². The van der Waals surface area contributed by atoms with Crippen LogP contribution in [0.5, 0.6) is 0 Å². The summed E-state index contributed by atoms with van der Waals surface area (Å²) in [7, 11) is 2.22. The van der Waals surface area contributed by atoms with Crippen molar-refractivity contribution in [1.29, 1.82) is 0 Å². The Morgan fingerprint density at radius 2 is 1.62 bits per heavy atom. The van der Waals surface area contributed by atoms with Crippen LogP contribution in [0.15, 0.2) is 59.6 Å². The van der Waals surface area contributed by atoms with Crippen LogP contribution in [-0.4, -0.2) is 55.5 Å². The first-order valence-electron chi connectivity index (χ1n) is 10.8. The topological polar surface area (TPSA) is 42.9 Å². The van der Waals surface area contributed by atoms with Gasteiger partial charge in [0.2, 0.25) is 0 Å². The summed E-state index contributed by atoms with van der Waals surface area (Å²) in [4.78, 5) is 9.68. The average molecular weight is 394 g/mol. The molecule has 0 amide bonds. The summed E-state index contributed by atoms with van der Waals surface area (Å²) in [6.45, 7) is 10.2. The summed E-state index contributed by atoms with van der Waals surface area (Å²) >= 11 is 0. The summed E-state index contributed by atoms with van der Waals surface area (Å²) in [6.07, 6.45) is 1.26. The Kier molecular flexibility index (Phi) is 8.53. The Morgan fingerprint density at radius 3 is 2.38 bits per heavy atom. The van der Waals surface area contributed by atoms with E-state index in [4.69, 9.17) is 4.99 Å². The van der Waals surface area contributed by atoms with Crippen LogP contribution in [-0.2, 0) is 19.6 Å². The predicted molar refractivity (Wildman–Crippen MR) is 122 cm³/mol. The molecule has 0 aromatic heterocycles. The van der Waals surface area contributed by atoms with Gasteiger partial charge in [0.1, 0.15) is 0 Å². The van der Waals surface area contributed by atoms with Crippen LogP contribution in [0.4, 0.5) is 0 Å². The van der Waals surface area contributed by atoms with Crippen LogP contribution in [0, 0.1) is 0 Å². The predicted octanol–water partition coefficient (Wildman–Crippen LogP) is 3.08. The number of nitrogens with one attached hydrogen (secondary N) is 2. The van der Waals surface area contributed by atoms with E-state index < -0.39 is 0 Å². The molecule has 5 nitrogen and oxygen atoms in total. The maximum atomic E-state index is 4.69. The first-order chi connectivity index (χ1) is 14.2. The van der Waals surface area contributed by atoms with Gasteiger partial charge in [-0.25, -0.2) is 4.99 Å². The smallest absolute Gasteiger partial charge is 0.191 e. The van der Waals surface area contributed by atoms with Gasteiger partial charge in [0, 0.05) is 32.7 Å². The number of aliphatic imine (C=N–C) groups is 1. The number of hydrogen-bond acceptors (Lipinski definition) is 3. The molecule has 1 fully saturated rings. The van der Waals surface area contributed by atoms with E-state index >= 15 is 0 Å². The van der Waals surface area contributed by atoms with E-state index in [0.717, 1.165) is 38.7 Å². The van der Waals surface area contributed by atoms with E-state index in [1.165, 1.54) is 36.2 Å². The van der Waals surface area contributed by atoms with E-state index in [2.05, 4.69) is 82.9 Å². The third kappa shape index (κ3) is 7.52. The maximum Gasteiger partial charge on any atom is 0.191 e. The number of hydrogen-bond donors (Lipinski definition) is 2. The zero-order chi connectivity index (χ0) is 20.3. The fourth-order valence-corrected chi connectivity index (χ4v) is 3.56. The van der Waals surface area contributed by atoms with Gasteiger partial charge < -0.3 is 15.5 Å². The molecule has 2 aromatic carbocycles. The van der Waals surface area contributed by atoms with Crippen molar-refractivity contribution < 1.29 is 0 Å². The Hall–Kier alpha value is -2.37. The lowest BCUT2D eigenvalue weighted by Gasteiger charge is -2.20. The van der Waals surface area contributed by atoms with Crippen molar-refractivity contribution in [3.05, 3.63) is 71.3 Å². The van der Waals surface area contributed by atoms with Gasteiger partial charge in [-0.05, 0) is 50.2 Å². The first kappa shape index (κ1) is 21.3. The van der Waals surface area contributed by atoms with Crippen molar-refractivity contribution >= 4 is 5.96 Å². The summed E-state index contributed by atoms with van der Waals surface area (Å²) < 4.78 is 0. The van der Waals surface area contributed by atoms with Crippen molar-refractivity contribution in [2.75, 3.05) is 39.8 Å². The Bertz CT molecular complexity index is 742. The zero-order valence-electron chi connectivity index (χ0n) is 17.9. The van der Waals surface area contributed by atoms with Crippen molar-refractivity contribution in [1.82, 2.24) is 20.4 Å². The van der Waals surface area contributed by atoms with Gasteiger partial charge in [-0.2, -0.15) is 0 Å². The molecule has 0 spiro atoms. The highest BCUT2D eigenvalue weighted by atomic mass is 15.2. The highest BCUT2D eigenvalue weighted by molar-refractivity contribution is 5.79. The standard InChI is InChI=1S/C24H35N5/c1-3-25-24(26-18-21-8-5-4-6-9-21)27-19-22-10-12-23(13-11-22)20-29-15-7-14-28(2)16-17-29/h4-6,8-13H,3,7,14-20H2,1-2H3,(H2,25,26,27). The quantitative estimate of drug-likeness (QED) is 0.560. The Labute approximate surface area is 175 Å². The number of guanidine groups is 1. The lowest BCUT2D eigenvalue weighted by atomic mass is 10.1. The molecular weight excluding hydrogens is 358 g/mol. The molecule has 5 heteroatoms. The summed E-state index contributed by atoms with van der Waals surface area (Å²) in [5.74, 6) is 0.856. The molecule has 0 radical (unpaired) electrons. The van der Waals surface area contributed by atoms with Gasteiger partial charge in [-0.3, -0.25) is 4.90 Å². The highest BCUT2D eigenvalue weighted by Crippen LogP contribution is 2.10. The molecule has 0 aliphatic carbocycles. The van der Waals surface area contributed by atoms with Gasteiger partial charge in [-0.1, -0.05) is 54.6 Å². The molecule has 0 bridgehead atoms. The third-order valence-electron chi connectivity index (χ3n) is 5.31. The second-order valence-corrected chi connectivity index (χ2v) is 7.78. The Morgan fingerprint density at radius 1 is 0.862 bits per heavy atom. The minimum Gasteiger partial charge on any atom is -0.357 e. The molecule has 1 aliphatic rings. The normalized spacial score (nSPS) is 16.4. The molecule has 1 aliphatic heterocycles. The SMILES string of the molecule is CCNC(=NCc1ccccc1)NCc1ccc(CN2CCCN(C)CC2)cc1. The molecule has 0 unspecified atom stereocenters. The molecule has 2 N–H and O–H groups in total. The van der Waals surface area contributed by atoms with Crippen LogP contribution < -0.4 is 10.6 Å². The van der Waals surface area contributed by atoms with Gasteiger partial charge in [0.05, 0.1) is 6.54 Å². The summed E-state index contributed by atoms with van der Waals surface area (Å²) in [6, 6.07) is 19.3. The molecule has 3 rings (SSSR count). The molecule has 0 saturated carbocycles. The lowest BCUT2D eigenvalue weighted by molar-refractivity contribution is 0.269. The van der Waals surface area contributed by atoms with Crippen LogP contribution in [0.25, 0.3) is 0 Å². The maximum absolute atomic E-state index is 4.69. The number of benzene rings is 2. The monoisotopic (exact) mass is 393 g/mol. The first-order valence-corrected chi connectivity index (χ1v) is 10.8. The van der Waals surface area contributed by atoms with E-state index in [0.29, 0.717) is 6.54 Å². The zero-order valence-corrected chi connectivity index (χ0v) is 17.9. The van der Waals surface area contributed by atoms with Gasteiger partial charge in [0.15, 0.2) is 5.96 Å². The van der Waals surface area contributed by atoms with E-state index in [1.54, 1.807) is 0 Å². The molecule has 0 atom stereocenters. The van der Waals surface area contributed by atoms with Crippen LogP contribution in [0.3, 0.4) is 0 Å². The fourth-order valence-electron chi connectivity index (χ4n) is 3.56. The van der Waals surface area contributed by atoms with Crippen molar-refractivity contribution in [2.24, 2.45) is 4.99 Å². The van der Waals surface area contributed by atoms with Gasteiger partial charge in [0.25, 0.3) is 0 Å². The van der Waals surface area contributed by atoms with Crippen molar-refractivity contribution in [3.63, 3.8) is 0 Å². The van der Waals surface area contributed by atoms with Gasteiger partial charge in [-0.15, -0.1) is 0 Å². The molecule has 1 saturated heterocycles. The largest absolute Gasteiger partial charge is 0.357 e. The summed E-state index contributed by atoms with van der Waals surface area (Å²) in [5.41, 5.74) is 3.88. The summed E-state index contributed by atoms with van der Waals surface area (Å²) in [5, 5.41) is 6.77. The fraction of sp³-hybridized carbons (Fsp3) is 0.458. The average Bonchev–Trinajstić information content (AvgIpc) is 2.96. The minimum absolute atomic E-state index is 0.681. The van der Waals surface area contributed by atoms with Crippen LogP contribution in [0.2, 0.25) is 0 Å². The van der Waals surface area contributed by atoms with Crippen LogP contribution in [0.1, 0.15) is 30.0 Å². The van der Waals surface area contributed by atoms with E-state index in [1.807, 2.05) is 6.07 Å².